The molecule has 1 aromatic heterocycles. The quantitative estimate of drug-likeness (QED) is 0.602. The topological polar surface area (TPSA) is 28.2 Å². The van der Waals surface area contributed by atoms with E-state index in [2.05, 4.69) is 47.6 Å². The molecule has 0 bridgehead atoms. The zero-order chi connectivity index (χ0) is 20.7. The molecule has 156 valence electrons. The first kappa shape index (κ1) is 20.1. The van der Waals surface area contributed by atoms with Crippen molar-refractivity contribution in [1.29, 1.82) is 0 Å². The monoisotopic (exact) mass is 439 g/mol. The fourth-order valence-corrected chi connectivity index (χ4v) is 5.92. The lowest BCUT2D eigenvalue weighted by atomic mass is 9.89. The minimum absolute atomic E-state index is 0.0174. The second-order valence-electron chi connectivity index (χ2n) is 8.58. The number of fused-ring (bicyclic) bond motifs is 3. The minimum atomic E-state index is 0.0174. The molecule has 3 heterocycles. The van der Waals surface area contributed by atoms with Crippen molar-refractivity contribution in [2.75, 3.05) is 11.4 Å². The van der Waals surface area contributed by atoms with Crippen LogP contribution in [0.4, 0.5) is 5.69 Å². The molecule has 0 spiro atoms. The number of aromatic nitrogens is 1. The van der Waals surface area contributed by atoms with Gasteiger partial charge in [0.05, 0.1) is 23.3 Å². The third kappa shape index (κ3) is 3.57. The van der Waals surface area contributed by atoms with E-state index < -0.39 is 0 Å². The Bertz CT molecular complexity index is 987. The molecular weight excluding hydrogens is 413 g/mol. The standard InChI is InChI=1S/C25H27Cl2N3/c1-16-15-17(12-13-28-18-7-2-3-8-18)25-24(29-16)23(21-11-4-5-14-30(21)25)22-19(26)9-6-10-20(22)27/h4-6,9-11,14-15,18,21,23,28H,2-3,7-8,12-13H2,1H3. The van der Waals surface area contributed by atoms with Crippen LogP contribution in [-0.4, -0.2) is 23.6 Å². The fraction of sp³-hybridized carbons (Fsp3) is 0.400. The second kappa shape index (κ2) is 8.37. The van der Waals surface area contributed by atoms with Gasteiger partial charge in [-0.25, -0.2) is 0 Å². The van der Waals surface area contributed by atoms with Crippen LogP contribution in [0.25, 0.3) is 0 Å². The first-order valence-corrected chi connectivity index (χ1v) is 11.7. The second-order valence-corrected chi connectivity index (χ2v) is 9.39. The number of nitrogens with zero attached hydrogens (tertiary/aromatic N) is 2. The van der Waals surface area contributed by atoms with Gasteiger partial charge in [-0.15, -0.1) is 0 Å². The highest BCUT2D eigenvalue weighted by molar-refractivity contribution is 6.36. The molecule has 30 heavy (non-hydrogen) atoms. The summed E-state index contributed by atoms with van der Waals surface area (Å²) >= 11 is 13.3. The maximum atomic E-state index is 6.66. The number of rotatable bonds is 5. The number of nitrogens with one attached hydrogen (secondary N) is 1. The smallest absolute Gasteiger partial charge is 0.0746 e. The van der Waals surface area contributed by atoms with Gasteiger partial charge in [0.25, 0.3) is 0 Å². The number of halogens is 2. The maximum Gasteiger partial charge on any atom is 0.0746 e. The highest BCUT2D eigenvalue weighted by atomic mass is 35.5. The van der Waals surface area contributed by atoms with E-state index in [9.17, 15) is 0 Å². The third-order valence-corrected chi connectivity index (χ3v) is 7.26. The molecule has 1 aromatic carbocycles. The predicted molar refractivity (Wildman–Crippen MR) is 126 cm³/mol. The van der Waals surface area contributed by atoms with Gasteiger partial charge >= 0.3 is 0 Å². The lowest BCUT2D eigenvalue weighted by Crippen LogP contribution is -2.31. The Morgan fingerprint density at radius 2 is 1.90 bits per heavy atom. The number of pyridine rings is 1. The molecule has 2 atom stereocenters. The summed E-state index contributed by atoms with van der Waals surface area (Å²) in [5.41, 5.74) is 5.68. The van der Waals surface area contributed by atoms with Crippen molar-refractivity contribution in [3.63, 3.8) is 0 Å². The Hall–Kier alpha value is -1.81. The van der Waals surface area contributed by atoms with E-state index in [4.69, 9.17) is 28.2 Å². The molecule has 2 aromatic rings. The van der Waals surface area contributed by atoms with Crippen molar-refractivity contribution in [2.45, 2.75) is 57.0 Å². The van der Waals surface area contributed by atoms with E-state index in [1.165, 1.54) is 36.9 Å². The summed E-state index contributed by atoms with van der Waals surface area (Å²) in [4.78, 5) is 7.38. The van der Waals surface area contributed by atoms with Crippen LogP contribution in [0.3, 0.4) is 0 Å². The minimum Gasteiger partial charge on any atom is -0.338 e. The molecule has 1 N–H and O–H groups in total. The Kier molecular flexibility index (Phi) is 5.61. The lowest BCUT2D eigenvalue weighted by Gasteiger charge is -2.28. The van der Waals surface area contributed by atoms with Gasteiger partial charge in [0.15, 0.2) is 0 Å². The lowest BCUT2D eigenvalue weighted by molar-refractivity contribution is 0.527. The van der Waals surface area contributed by atoms with Crippen molar-refractivity contribution in [1.82, 2.24) is 10.3 Å². The van der Waals surface area contributed by atoms with Crippen LogP contribution in [0.1, 0.15) is 54.1 Å². The van der Waals surface area contributed by atoms with Crippen molar-refractivity contribution in [2.24, 2.45) is 0 Å². The first-order chi connectivity index (χ1) is 14.6. The van der Waals surface area contributed by atoms with Crippen LogP contribution >= 0.6 is 23.2 Å². The summed E-state index contributed by atoms with van der Waals surface area (Å²) < 4.78 is 0. The molecule has 0 radical (unpaired) electrons. The fourth-order valence-electron chi connectivity index (χ4n) is 5.29. The summed E-state index contributed by atoms with van der Waals surface area (Å²) in [5, 5.41) is 5.17. The number of benzene rings is 1. The molecule has 3 aliphatic rings. The van der Waals surface area contributed by atoms with E-state index in [-0.39, 0.29) is 12.0 Å². The highest BCUT2D eigenvalue weighted by Crippen LogP contribution is 2.50. The molecule has 5 heteroatoms. The normalized spacial score (nSPS) is 22.6. The Balaban J connectivity index is 1.55. The van der Waals surface area contributed by atoms with Crippen LogP contribution in [0.5, 0.6) is 0 Å². The molecule has 3 nitrogen and oxygen atoms in total. The zero-order valence-corrected chi connectivity index (χ0v) is 18.8. The first-order valence-electron chi connectivity index (χ1n) is 10.9. The van der Waals surface area contributed by atoms with Crippen molar-refractivity contribution in [3.05, 3.63) is 81.3 Å². The van der Waals surface area contributed by atoms with E-state index in [0.29, 0.717) is 16.1 Å². The molecule has 2 aliphatic heterocycles. The summed E-state index contributed by atoms with van der Waals surface area (Å²) in [7, 11) is 0. The van der Waals surface area contributed by atoms with E-state index in [1.807, 2.05) is 18.2 Å². The van der Waals surface area contributed by atoms with E-state index >= 15 is 0 Å². The predicted octanol–water partition coefficient (Wildman–Crippen LogP) is 6.18. The Labute approximate surface area is 188 Å². The van der Waals surface area contributed by atoms with Crippen LogP contribution in [0.15, 0.2) is 48.7 Å². The van der Waals surface area contributed by atoms with Gasteiger partial charge in [-0.2, -0.15) is 0 Å². The van der Waals surface area contributed by atoms with Crippen molar-refractivity contribution >= 4 is 28.9 Å². The van der Waals surface area contributed by atoms with Gasteiger partial charge in [0, 0.05) is 33.5 Å². The molecule has 0 saturated heterocycles. The van der Waals surface area contributed by atoms with Crippen molar-refractivity contribution in [3.8, 4) is 0 Å². The molecule has 2 unspecified atom stereocenters. The molecule has 0 amide bonds. The molecular formula is C25H27Cl2N3. The van der Waals surface area contributed by atoms with Crippen molar-refractivity contribution < 1.29 is 0 Å². The largest absolute Gasteiger partial charge is 0.338 e. The van der Waals surface area contributed by atoms with Gasteiger partial charge in [-0.3, -0.25) is 4.98 Å². The van der Waals surface area contributed by atoms with Crippen LogP contribution in [0, 0.1) is 6.92 Å². The summed E-state index contributed by atoms with van der Waals surface area (Å²) in [6, 6.07) is 8.82. The third-order valence-electron chi connectivity index (χ3n) is 6.60. The number of allylic oxidation sites excluding steroid dienone is 2. The summed E-state index contributed by atoms with van der Waals surface area (Å²) in [6.07, 6.45) is 14.9. The van der Waals surface area contributed by atoms with Crippen LogP contribution < -0.4 is 10.2 Å². The Morgan fingerprint density at radius 1 is 1.13 bits per heavy atom. The van der Waals surface area contributed by atoms with Gasteiger partial charge in [-0.05, 0) is 62.6 Å². The molecule has 1 saturated carbocycles. The van der Waals surface area contributed by atoms with Crippen LogP contribution in [0.2, 0.25) is 10.0 Å². The zero-order valence-electron chi connectivity index (χ0n) is 17.2. The average molecular weight is 440 g/mol. The van der Waals surface area contributed by atoms with Gasteiger partial charge < -0.3 is 10.2 Å². The maximum absolute atomic E-state index is 6.66. The molecule has 1 fully saturated rings. The summed E-state index contributed by atoms with van der Waals surface area (Å²) in [6.45, 7) is 3.08. The molecule has 5 rings (SSSR count). The van der Waals surface area contributed by atoms with E-state index in [0.717, 1.165) is 29.9 Å². The number of hydrogen-bond donors (Lipinski definition) is 1. The molecule has 1 aliphatic carbocycles. The van der Waals surface area contributed by atoms with Gasteiger partial charge in [0.1, 0.15) is 0 Å². The van der Waals surface area contributed by atoms with Gasteiger partial charge in [0.2, 0.25) is 0 Å². The number of hydrogen-bond acceptors (Lipinski definition) is 3. The summed E-state index contributed by atoms with van der Waals surface area (Å²) in [5.74, 6) is 0.0174. The number of aryl methyl sites for hydroxylation is 1. The number of anilines is 1. The van der Waals surface area contributed by atoms with Crippen LogP contribution in [-0.2, 0) is 6.42 Å². The van der Waals surface area contributed by atoms with E-state index in [1.54, 1.807) is 0 Å². The highest BCUT2D eigenvalue weighted by Gasteiger charge is 2.42. The average Bonchev–Trinajstić information content (AvgIpc) is 3.35. The Morgan fingerprint density at radius 3 is 2.67 bits per heavy atom. The van der Waals surface area contributed by atoms with Gasteiger partial charge in [-0.1, -0.05) is 54.3 Å². The SMILES string of the molecule is Cc1cc(CCNC2CCCC2)c2c(n1)C(c1c(Cl)cccc1Cl)C1C=CC=CN21.